The smallest absolute Gasteiger partial charge is 0.0659 e. The third-order valence-corrected chi connectivity index (χ3v) is 5.14. The standard InChI is InChI=1S/C20H38O3/c1-4-5-6-7-8-9-10-11-12-17-13-14-18(15-22-2)19(16-23-3)20(17)21/h13-14,17-21H,4-12,15-16H2,1-3H3/t17-,18+,19-,20+/m1/s1. The quantitative estimate of drug-likeness (QED) is 0.397. The normalized spacial score (nSPS) is 27.5. The van der Waals surface area contributed by atoms with Crippen molar-refractivity contribution in [2.75, 3.05) is 27.4 Å². The van der Waals surface area contributed by atoms with Crippen LogP contribution in [0.2, 0.25) is 0 Å². The van der Waals surface area contributed by atoms with Crippen LogP contribution >= 0.6 is 0 Å². The Morgan fingerprint density at radius 1 is 0.783 bits per heavy atom. The van der Waals surface area contributed by atoms with Crippen molar-refractivity contribution in [1.82, 2.24) is 0 Å². The summed E-state index contributed by atoms with van der Waals surface area (Å²) in [4.78, 5) is 0. The lowest BCUT2D eigenvalue weighted by atomic mass is 9.75. The monoisotopic (exact) mass is 326 g/mol. The molecule has 1 aliphatic carbocycles. The Morgan fingerprint density at radius 2 is 1.35 bits per heavy atom. The first-order valence-electron chi connectivity index (χ1n) is 9.58. The minimum Gasteiger partial charge on any atom is -0.392 e. The highest BCUT2D eigenvalue weighted by molar-refractivity contribution is 5.05. The maximum Gasteiger partial charge on any atom is 0.0659 e. The first kappa shape index (κ1) is 20.7. The lowest BCUT2D eigenvalue weighted by Gasteiger charge is -2.36. The van der Waals surface area contributed by atoms with Crippen LogP contribution in [-0.2, 0) is 9.47 Å². The van der Waals surface area contributed by atoms with Crippen LogP contribution in [0.1, 0.15) is 64.7 Å². The first-order chi connectivity index (χ1) is 11.2. The van der Waals surface area contributed by atoms with Gasteiger partial charge in [-0.25, -0.2) is 0 Å². The van der Waals surface area contributed by atoms with Gasteiger partial charge in [0.15, 0.2) is 0 Å². The van der Waals surface area contributed by atoms with Crippen LogP contribution in [0.4, 0.5) is 0 Å². The fourth-order valence-electron chi connectivity index (χ4n) is 3.68. The van der Waals surface area contributed by atoms with E-state index in [1.165, 1.54) is 51.4 Å². The molecule has 4 atom stereocenters. The number of ether oxygens (including phenoxy) is 2. The highest BCUT2D eigenvalue weighted by Gasteiger charge is 2.34. The van der Waals surface area contributed by atoms with E-state index in [4.69, 9.17) is 9.47 Å². The van der Waals surface area contributed by atoms with Crippen LogP contribution in [-0.4, -0.2) is 38.6 Å². The summed E-state index contributed by atoms with van der Waals surface area (Å²) in [6.45, 7) is 3.52. The molecule has 0 saturated heterocycles. The average molecular weight is 327 g/mol. The van der Waals surface area contributed by atoms with Gasteiger partial charge in [-0.15, -0.1) is 0 Å². The Morgan fingerprint density at radius 3 is 1.96 bits per heavy atom. The highest BCUT2D eigenvalue weighted by Crippen LogP contribution is 2.32. The fourth-order valence-corrected chi connectivity index (χ4v) is 3.68. The van der Waals surface area contributed by atoms with Gasteiger partial charge in [0.25, 0.3) is 0 Å². The molecule has 1 N–H and O–H groups in total. The molecule has 0 radical (unpaired) electrons. The Bertz CT molecular complexity index is 303. The number of hydrogen-bond acceptors (Lipinski definition) is 3. The van der Waals surface area contributed by atoms with E-state index in [2.05, 4.69) is 19.1 Å². The average Bonchev–Trinajstić information content (AvgIpc) is 2.55. The van der Waals surface area contributed by atoms with Crippen molar-refractivity contribution in [2.45, 2.75) is 70.8 Å². The molecule has 0 saturated carbocycles. The van der Waals surface area contributed by atoms with Crippen LogP contribution in [0, 0.1) is 17.8 Å². The van der Waals surface area contributed by atoms with Gasteiger partial charge in [0.05, 0.1) is 19.3 Å². The fraction of sp³-hybridized carbons (Fsp3) is 0.900. The van der Waals surface area contributed by atoms with Gasteiger partial charge < -0.3 is 14.6 Å². The minimum absolute atomic E-state index is 0.156. The molecule has 3 nitrogen and oxygen atoms in total. The van der Waals surface area contributed by atoms with Crippen LogP contribution in [0.25, 0.3) is 0 Å². The van der Waals surface area contributed by atoms with Crippen molar-refractivity contribution < 1.29 is 14.6 Å². The zero-order valence-corrected chi connectivity index (χ0v) is 15.5. The van der Waals surface area contributed by atoms with Gasteiger partial charge >= 0.3 is 0 Å². The second kappa shape index (κ2) is 13.0. The van der Waals surface area contributed by atoms with Gasteiger partial charge in [0.2, 0.25) is 0 Å². The van der Waals surface area contributed by atoms with Crippen molar-refractivity contribution in [1.29, 1.82) is 0 Å². The van der Waals surface area contributed by atoms with E-state index in [-0.39, 0.29) is 23.9 Å². The predicted molar refractivity (Wildman–Crippen MR) is 96.6 cm³/mol. The van der Waals surface area contributed by atoms with E-state index >= 15 is 0 Å². The van der Waals surface area contributed by atoms with Gasteiger partial charge in [0, 0.05) is 32.0 Å². The van der Waals surface area contributed by atoms with Gasteiger partial charge in [-0.1, -0.05) is 70.4 Å². The van der Waals surface area contributed by atoms with Crippen molar-refractivity contribution in [3.8, 4) is 0 Å². The predicted octanol–water partition coefficient (Wildman–Crippen LogP) is 4.59. The van der Waals surface area contributed by atoms with Gasteiger partial charge in [-0.2, -0.15) is 0 Å². The highest BCUT2D eigenvalue weighted by atomic mass is 16.5. The van der Waals surface area contributed by atoms with Crippen molar-refractivity contribution in [3.63, 3.8) is 0 Å². The third-order valence-electron chi connectivity index (χ3n) is 5.14. The molecule has 0 aromatic carbocycles. The summed E-state index contributed by atoms with van der Waals surface area (Å²) in [6, 6.07) is 0. The molecule has 0 spiro atoms. The van der Waals surface area contributed by atoms with E-state index in [0.29, 0.717) is 13.2 Å². The van der Waals surface area contributed by atoms with Gasteiger partial charge in [-0.3, -0.25) is 0 Å². The molecule has 0 aliphatic heterocycles. The first-order valence-corrected chi connectivity index (χ1v) is 9.58. The lowest BCUT2D eigenvalue weighted by molar-refractivity contribution is -0.0218. The second-order valence-corrected chi connectivity index (χ2v) is 7.04. The Hall–Kier alpha value is -0.380. The van der Waals surface area contributed by atoms with Crippen molar-refractivity contribution in [2.24, 2.45) is 17.8 Å². The van der Waals surface area contributed by atoms with Crippen molar-refractivity contribution in [3.05, 3.63) is 12.2 Å². The van der Waals surface area contributed by atoms with Gasteiger partial charge in [-0.05, 0) is 6.42 Å². The van der Waals surface area contributed by atoms with Crippen LogP contribution in [0.3, 0.4) is 0 Å². The molecule has 0 bridgehead atoms. The van der Waals surface area contributed by atoms with Gasteiger partial charge in [0.1, 0.15) is 0 Å². The lowest BCUT2D eigenvalue weighted by Crippen LogP contribution is -2.40. The zero-order valence-electron chi connectivity index (χ0n) is 15.5. The number of unbranched alkanes of at least 4 members (excludes halogenated alkanes) is 7. The summed E-state index contributed by atoms with van der Waals surface area (Å²) < 4.78 is 10.6. The van der Waals surface area contributed by atoms with E-state index in [1.54, 1.807) is 14.2 Å². The molecule has 0 unspecified atom stereocenters. The second-order valence-electron chi connectivity index (χ2n) is 7.04. The maximum atomic E-state index is 10.7. The van der Waals surface area contributed by atoms with Crippen molar-refractivity contribution >= 4 is 0 Å². The van der Waals surface area contributed by atoms with Crippen LogP contribution in [0.15, 0.2) is 12.2 Å². The Balaban J connectivity index is 2.26. The van der Waals surface area contributed by atoms with E-state index < -0.39 is 0 Å². The summed E-state index contributed by atoms with van der Waals surface area (Å²) in [5.74, 6) is 0.706. The molecular weight excluding hydrogens is 288 g/mol. The van der Waals surface area contributed by atoms with E-state index in [9.17, 15) is 5.11 Å². The van der Waals surface area contributed by atoms with Crippen LogP contribution in [0.5, 0.6) is 0 Å². The largest absolute Gasteiger partial charge is 0.392 e. The number of aliphatic hydroxyl groups is 1. The zero-order chi connectivity index (χ0) is 16.9. The molecule has 136 valence electrons. The molecule has 1 aliphatic rings. The molecule has 23 heavy (non-hydrogen) atoms. The van der Waals surface area contributed by atoms with Crippen LogP contribution < -0.4 is 0 Å². The molecule has 3 heteroatoms. The summed E-state index contributed by atoms with van der Waals surface area (Å²) >= 11 is 0. The molecular formula is C20H38O3. The molecule has 1 rings (SSSR count). The number of methoxy groups -OCH3 is 2. The summed E-state index contributed by atoms with van der Waals surface area (Å²) in [5.41, 5.74) is 0. The topological polar surface area (TPSA) is 38.7 Å². The Kier molecular flexibility index (Phi) is 11.7. The van der Waals surface area contributed by atoms with E-state index in [0.717, 1.165) is 6.42 Å². The minimum atomic E-state index is -0.301. The summed E-state index contributed by atoms with van der Waals surface area (Å²) in [6.07, 6.45) is 15.9. The molecule has 0 fully saturated rings. The summed E-state index contributed by atoms with van der Waals surface area (Å²) in [7, 11) is 3.43. The SMILES string of the molecule is CCCCCCCCCC[C@@H]1C=C[C@@H](COC)[C@@H](COC)[C@H]1O. The number of hydrogen-bond donors (Lipinski definition) is 1. The molecule has 0 heterocycles. The summed E-state index contributed by atoms with van der Waals surface area (Å²) in [5, 5.41) is 10.7. The Labute approximate surface area is 143 Å². The maximum absolute atomic E-state index is 10.7. The number of aliphatic hydroxyl groups excluding tert-OH is 1. The molecule has 0 aromatic heterocycles. The molecule has 0 amide bonds. The number of rotatable bonds is 13. The third kappa shape index (κ3) is 7.82. The van der Waals surface area contributed by atoms with E-state index in [1.807, 2.05) is 0 Å². The molecule has 0 aromatic rings.